The number of primary amides is 1. The first-order valence-electron chi connectivity index (χ1n) is 10.1. The van der Waals surface area contributed by atoms with Crippen LogP contribution < -0.4 is 14.8 Å². The number of ether oxygens (including phenoxy) is 1. The first-order valence-corrected chi connectivity index (χ1v) is 11.6. The van der Waals surface area contributed by atoms with Gasteiger partial charge in [-0.15, -0.1) is 0 Å². The number of sulfonamides is 1. The number of rotatable bonds is 6. The van der Waals surface area contributed by atoms with Crippen molar-refractivity contribution in [3.63, 3.8) is 0 Å². The SMILES string of the molecule is NC(=O)[C@@H]1Cc2ccccc2N1S(=O)(=O)c1ccc(OCC2CCCCC2)cc1. The number of carbonyl (C=O) groups is 1. The topological polar surface area (TPSA) is 89.7 Å². The van der Waals surface area contributed by atoms with Crippen molar-refractivity contribution < 1.29 is 17.9 Å². The van der Waals surface area contributed by atoms with Crippen LogP contribution in [-0.4, -0.2) is 27.0 Å². The molecule has 1 aliphatic carbocycles. The smallest absolute Gasteiger partial charge is 0.265 e. The van der Waals surface area contributed by atoms with Crippen LogP contribution in [0.1, 0.15) is 37.7 Å². The number of nitrogens with two attached hydrogens (primary N) is 1. The maximum atomic E-state index is 13.3. The Balaban J connectivity index is 1.54. The monoisotopic (exact) mass is 414 g/mol. The van der Waals surface area contributed by atoms with Gasteiger partial charge in [-0.25, -0.2) is 8.42 Å². The molecule has 1 heterocycles. The highest BCUT2D eigenvalue weighted by molar-refractivity contribution is 7.93. The number of anilines is 1. The molecule has 2 aliphatic rings. The third-order valence-electron chi connectivity index (χ3n) is 5.84. The van der Waals surface area contributed by atoms with E-state index < -0.39 is 22.0 Å². The molecule has 2 N–H and O–H groups in total. The van der Waals surface area contributed by atoms with Crippen LogP contribution in [0.3, 0.4) is 0 Å². The van der Waals surface area contributed by atoms with E-state index in [1.807, 2.05) is 12.1 Å². The number of amides is 1. The molecule has 0 bridgehead atoms. The van der Waals surface area contributed by atoms with Gasteiger partial charge in [0.15, 0.2) is 0 Å². The molecular weight excluding hydrogens is 388 g/mol. The summed E-state index contributed by atoms with van der Waals surface area (Å²) in [7, 11) is -3.92. The Morgan fingerprint density at radius 3 is 2.41 bits per heavy atom. The minimum Gasteiger partial charge on any atom is -0.493 e. The van der Waals surface area contributed by atoms with Crippen molar-refractivity contribution in [1.29, 1.82) is 0 Å². The third-order valence-corrected chi connectivity index (χ3v) is 7.68. The van der Waals surface area contributed by atoms with Crippen molar-refractivity contribution >= 4 is 21.6 Å². The fourth-order valence-corrected chi connectivity index (χ4v) is 5.92. The van der Waals surface area contributed by atoms with Crippen molar-refractivity contribution in [3.05, 3.63) is 54.1 Å². The number of fused-ring (bicyclic) bond motifs is 1. The highest BCUT2D eigenvalue weighted by Crippen LogP contribution is 2.37. The van der Waals surface area contributed by atoms with Gasteiger partial charge in [-0.05, 0) is 54.7 Å². The summed E-state index contributed by atoms with van der Waals surface area (Å²) in [6, 6.07) is 12.6. The standard InChI is InChI=1S/C22H26N2O4S/c23-22(25)21-14-17-8-4-5-9-20(17)24(21)29(26,27)19-12-10-18(11-13-19)28-15-16-6-2-1-3-7-16/h4-5,8-13,16,21H,1-3,6-7,14-15H2,(H2,23,25)/t21-/m0/s1. The lowest BCUT2D eigenvalue weighted by atomic mass is 9.90. The Hall–Kier alpha value is -2.54. The molecule has 6 nitrogen and oxygen atoms in total. The third kappa shape index (κ3) is 3.96. The molecule has 0 saturated heterocycles. The van der Waals surface area contributed by atoms with Gasteiger partial charge in [0.05, 0.1) is 17.2 Å². The zero-order valence-corrected chi connectivity index (χ0v) is 17.1. The maximum Gasteiger partial charge on any atom is 0.265 e. The first-order chi connectivity index (χ1) is 14.0. The number of hydrogen-bond donors (Lipinski definition) is 1. The van der Waals surface area contributed by atoms with E-state index in [1.54, 1.807) is 24.3 Å². The van der Waals surface area contributed by atoms with Gasteiger partial charge < -0.3 is 10.5 Å². The van der Waals surface area contributed by atoms with E-state index in [4.69, 9.17) is 10.5 Å². The molecule has 2 aromatic rings. The van der Waals surface area contributed by atoms with Crippen molar-refractivity contribution in [3.8, 4) is 5.75 Å². The molecule has 154 valence electrons. The summed E-state index contributed by atoms with van der Waals surface area (Å²) >= 11 is 0. The molecule has 0 unspecified atom stereocenters. The molecular formula is C22H26N2O4S. The fourth-order valence-electron chi connectivity index (χ4n) is 4.26. The number of nitrogens with zero attached hydrogens (tertiary/aromatic N) is 1. The van der Waals surface area contributed by atoms with Crippen molar-refractivity contribution in [2.75, 3.05) is 10.9 Å². The van der Waals surface area contributed by atoms with E-state index in [9.17, 15) is 13.2 Å². The largest absolute Gasteiger partial charge is 0.493 e. The second kappa shape index (κ2) is 8.06. The zero-order chi connectivity index (χ0) is 20.4. The normalized spacial score (nSPS) is 19.7. The minimum absolute atomic E-state index is 0.116. The molecule has 29 heavy (non-hydrogen) atoms. The summed E-state index contributed by atoms with van der Waals surface area (Å²) in [5.41, 5.74) is 6.82. The van der Waals surface area contributed by atoms with Gasteiger partial charge in [0.2, 0.25) is 5.91 Å². The highest BCUT2D eigenvalue weighted by Gasteiger charge is 2.41. The van der Waals surface area contributed by atoms with E-state index in [2.05, 4.69) is 0 Å². The highest BCUT2D eigenvalue weighted by atomic mass is 32.2. The van der Waals surface area contributed by atoms with Crippen LogP contribution in [0, 0.1) is 5.92 Å². The van der Waals surface area contributed by atoms with E-state index in [0.717, 1.165) is 9.87 Å². The second-order valence-corrected chi connectivity index (χ2v) is 9.65. The molecule has 0 aromatic heterocycles. The van der Waals surface area contributed by atoms with Gasteiger partial charge in [-0.3, -0.25) is 9.10 Å². The molecule has 1 atom stereocenters. The van der Waals surface area contributed by atoms with Crippen LogP contribution in [0.4, 0.5) is 5.69 Å². The molecule has 1 aliphatic heterocycles. The van der Waals surface area contributed by atoms with E-state index in [-0.39, 0.29) is 11.3 Å². The average Bonchev–Trinajstić information content (AvgIpc) is 3.14. The quantitative estimate of drug-likeness (QED) is 0.786. The average molecular weight is 415 g/mol. The van der Waals surface area contributed by atoms with Gasteiger partial charge in [0, 0.05) is 6.42 Å². The Labute approximate surface area is 171 Å². The van der Waals surface area contributed by atoms with Gasteiger partial charge in [0.25, 0.3) is 10.0 Å². The van der Waals surface area contributed by atoms with Crippen LogP contribution in [-0.2, 0) is 21.2 Å². The molecule has 0 radical (unpaired) electrons. The summed E-state index contributed by atoms with van der Waals surface area (Å²) in [5, 5.41) is 0. The molecule has 1 saturated carbocycles. The molecule has 1 amide bonds. The molecule has 1 fully saturated rings. The van der Waals surface area contributed by atoms with Crippen LogP contribution in [0.5, 0.6) is 5.75 Å². The van der Waals surface area contributed by atoms with Crippen LogP contribution in [0.2, 0.25) is 0 Å². The first kappa shape index (κ1) is 19.8. The summed E-state index contributed by atoms with van der Waals surface area (Å²) in [6.45, 7) is 0.662. The van der Waals surface area contributed by atoms with E-state index >= 15 is 0 Å². The van der Waals surface area contributed by atoms with Gasteiger partial charge in [0.1, 0.15) is 11.8 Å². The predicted molar refractivity (Wildman–Crippen MR) is 111 cm³/mol. The number of benzene rings is 2. The second-order valence-electron chi connectivity index (χ2n) is 7.84. The van der Waals surface area contributed by atoms with E-state index in [1.165, 1.54) is 44.2 Å². The Morgan fingerprint density at radius 2 is 1.72 bits per heavy atom. The number of hydrogen-bond acceptors (Lipinski definition) is 4. The lowest BCUT2D eigenvalue weighted by Crippen LogP contribution is -2.45. The summed E-state index contributed by atoms with van der Waals surface area (Å²) in [6.07, 6.45) is 6.47. The van der Waals surface area contributed by atoms with E-state index in [0.29, 0.717) is 24.0 Å². The van der Waals surface area contributed by atoms with Crippen LogP contribution in [0.25, 0.3) is 0 Å². The van der Waals surface area contributed by atoms with Crippen molar-refractivity contribution in [1.82, 2.24) is 0 Å². The molecule has 0 spiro atoms. The number of para-hydroxylation sites is 1. The van der Waals surface area contributed by atoms with Crippen molar-refractivity contribution in [2.24, 2.45) is 11.7 Å². The number of carbonyl (C=O) groups excluding carboxylic acids is 1. The summed E-state index contributed by atoms with van der Waals surface area (Å²) < 4.78 is 33.6. The lowest BCUT2D eigenvalue weighted by molar-refractivity contribution is -0.118. The van der Waals surface area contributed by atoms with Crippen LogP contribution >= 0.6 is 0 Å². The molecule has 7 heteroatoms. The zero-order valence-electron chi connectivity index (χ0n) is 16.3. The summed E-state index contributed by atoms with van der Waals surface area (Å²) in [5.74, 6) is 0.574. The van der Waals surface area contributed by atoms with Gasteiger partial charge >= 0.3 is 0 Å². The summed E-state index contributed by atoms with van der Waals surface area (Å²) in [4.78, 5) is 12.1. The lowest BCUT2D eigenvalue weighted by Gasteiger charge is -2.25. The predicted octanol–water partition coefficient (Wildman–Crippen LogP) is 3.25. The Morgan fingerprint density at radius 1 is 1.03 bits per heavy atom. The van der Waals surface area contributed by atoms with Gasteiger partial charge in [-0.1, -0.05) is 37.5 Å². The van der Waals surface area contributed by atoms with Crippen molar-refractivity contribution in [2.45, 2.75) is 49.5 Å². The minimum atomic E-state index is -3.92. The maximum absolute atomic E-state index is 13.3. The fraction of sp³-hybridized carbons (Fsp3) is 0.409. The van der Waals surface area contributed by atoms with Gasteiger partial charge in [-0.2, -0.15) is 0 Å². The Kier molecular flexibility index (Phi) is 5.50. The Bertz CT molecular complexity index is 982. The van der Waals surface area contributed by atoms with Crippen LogP contribution in [0.15, 0.2) is 53.4 Å². The molecule has 4 rings (SSSR count). The molecule has 2 aromatic carbocycles.